The van der Waals surface area contributed by atoms with Crippen molar-refractivity contribution in [3.8, 4) is 0 Å². The van der Waals surface area contributed by atoms with Gasteiger partial charge >= 0.3 is 0 Å². The highest BCUT2D eigenvalue weighted by Crippen LogP contribution is 2.20. The summed E-state index contributed by atoms with van der Waals surface area (Å²) in [5, 5.41) is 0. The highest BCUT2D eigenvalue weighted by atomic mass is 79.9. The van der Waals surface area contributed by atoms with E-state index in [1.165, 1.54) is 0 Å². The molecule has 0 spiro atoms. The molecular weight excluding hydrogens is 252 g/mol. The van der Waals surface area contributed by atoms with Gasteiger partial charge in [0.05, 0.1) is 4.47 Å². The fourth-order valence-corrected chi connectivity index (χ4v) is 1.13. The van der Waals surface area contributed by atoms with Crippen molar-refractivity contribution in [1.29, 1.82) is 0 Å². The number of hydrogen-bond donors (Lipinski definition) is 1. The summed E-state index contributed by atoms with van der Waals surface area (Å²) >= 11 is 8.34. The van der Waals surface area contributed by atoms with E-state index in [-0.39, 0.29) is 0 Å². The summed E-state index contributed by atoms with van der Waals surface area (Å²) in [6.07, 6.45) is 1.68. The Bertz CT molecular complexity index is 361. The van der Waals surface area contributed by atoms with Gasteiger partial charge in [0.1, 0.15) is 16.1 Å². The van der Waals surface area contributed by atoms with Gasteiger partial charge in [-0.3, -0.25) is 0 Å². The molecular formula is C8H11BrN2OS. The smallest absolute Gasteiger partial charge is 0.138 e. The summed E-state index contributed by atoms with van der Waals surface area (Å²) < 4.78 is 6.69. The van der Waals surface area contributed by atoms with E-state index in [2.05, 4.69) is 25.9 Å². The Morgan fingerprint density at radius 1 is 1.62 bits per heavy atom. The molecule has 0 unspecified atom stereocenters. The minimum Gasteiger partial charge on any atom is -0.371 e. The molecule has 0 aliphatic heterocycles. The molecule has 1 aromatic heterocycles. The molecule has 1 rings (SSSR count). The number of ether oxygens (including phenoxy) is 1. The fraction of sp³-hybridized carbons (Fsp3) is 0.500. The van der Waals surface area contributed by atoms with E-state index in [9.17, 15) is 0 Å². The third kappa shape index (κ3) is 2.36. The van der Waals surface area contributed by atoms with Gasteiger partial charge < -0.3 is 9.72 Å². The zero-order valence-electron chi connectivity index (χ0n) is 7.72. The molecule has 0 amide bonds. The van der Waals surface area contributed by atoms with Crippen molar-refractivity contribution in [2.75, 3.05) is 7.11 Å². The van der Waals surface area contributed by atoms with E-state index in [4.69, 9.17) is 17.0 Å². The molecule has 0 bridgehead atoms. The van der Waals surface area contributed by atoms with Crippen molar-refractivity contribution < 1.29 is 4.74 Å². The number of aromatic amines is 1. The molecule has 3 nitrogen and oxygen atoms in total. The van der Waals surface area contributed by atoms with Crippen LogP contribution in [0, 0.1) is 4.64 Å². The SMILES string of the molecule is COC(C)(C)c1ncc(Br)c(=S)[nH]1. The predicted molar refractivity (Wildman–Crippen MR) is 57.2 cm³/mol. The Morgan fingerprint density at radius 3 is 2.69 bits per heavy atom. The molecule has 13 heavy (non-hydrogen) atoms. The number of aromatic nitrogens is 2. The van der Waals surface area contributed by atoms with Gasteiger partial charge in [0.25, 0.3) is 0 Å². The lowest BCUT2D eigenvalue weighted by atomic mass is 10.1. The molecule has 1 heterocycles. The van der Waals surface area contributed by atoms with Gasteiger partial charge in [0.15, 0.2) is 0 Å². The molecule has 0 radical (unpaired) electrons. The van der Waals surface area contributed by atoms with Crippen LogP contribution in [0.2, 0.25) is 0 Å². The van der Waals surface area contributed by atoms with Crippen LogP contribution in [0.4, 0.5) is 0 Å². The van der Waals surface area contributed by atoms with Crippen molar-refractivity contribution in [1.82, 2.24) is 9.97 Å². The van der Waals surface area contributed by atoms with Crippen LogP contribution in [0.15, 0.2) is 10.7 Å². The lowest BCUT2D eigenvalue weighted by Crippen LogP contribution is -2.22. The van der Waals surface area contributed by atoms with Crippen molar-refractivity contribution >= 4 is 28.1 Å². The van der Waals surface area contributed by atoms with E-state index in [1.807, 2.05) is 13.8 Å². The van der Waals surface area contributed by atoms with E-state index in [0.717, 1.165) is 10.3 Å². The van der Waals surface area contributed by atoms with Gasteiger partial charge in [-0.15, -0.1) is 0 Å². The molecule has 0 atom stereocenters. The van der Waals surface area contributed by atoms with E-state index in [1.54, 1.807) is 13.3 Å². The summed E-state index contributed by atoms with van der Waals surface area (Å²) in [5.41, 5.74) is -0.436. The second-order valence-corrected chi connectivity index (χ2v) is 4.39. The maximum atomic E-state index is 5.26. The lowest BCUT2D eigenvalue weighted by molar-refractivity contribution is 0.0113. The quantitative estimate of drug-likeness (QED) is 0.834. The van der Waals surface area contributed by atoms with Crippen LogP contribution in [0.1, 0.15) is 19.7 Å². The van der Waals surface area contributed by atoms with Crippen molar-refractivity contribution in [2.24, 2.45) is 0 Å². The molecule has 5 heteroatoms. The maximum Gasteiger partial charge on any atom is 0.138 e. The third-order valence-corrected chi connectivity index (χ3v) is 3.02. The van der Waals surface area contributed by atoms with E-state index < -0.39 is 5.60 Å². The molecule has 0 aliphatic carbocycles. The van der Waals surface area contributed by atoms with Gasteiger partial charge in [-0.2, -0.15) is 0 Å². The Hall–Kier alpha value is -0.260. The van der Waals surface area contributed by atoms with Gasteiger partial charge in [-0.05, 0) is 29.8 Å². The fourth-order valence-electron chi connectivity index (χ4n) is 0.782. The second-order valence-electron chi connectivity index (χ2n) is 3.12. The molecule has 0 saturated carbocycles. The third-order valence-electron chi connectivity index (χ3n) is 1.84. The summed E-state index contributed by atoms with van der Waals surface area (Å²) in [6.45, 7) is 3.85. The molecule has 0 aromatic carbocycles. The highest BCUT2D eigenvalue weighted by Gasteiger charge is 2.21. The summed E-state index contributed by atoms with van der Waals surface area (Å²) in [5.74, 6) is 0.725. The number of hydrogen-bond acceptors (Lipinski definition) is 3. The second kappa shape index (κ2) is 3.86. The number of halogens is 1. The maximum absolute atomic E-state index is 5.26. The first-order valence-corrected chi connectivity index (χ1v) is 4.98. The summed E-state index contributed by atoms with van der Waals surface area (Å²) in [4.78, 5) is 7.19. The lowest BCUT2D eigenvalue weighted by Gasteiger charge is -2.21. The van der Waals surface area contributed by atoms with Crippen LogP contribution in [-0.4, -0.2) is 17.1 Å². The van der Waals surface area contributed by atoms with Gasteiger partial charge in [-0.1, -0.05) is 12.2 Å². The number of methoxy groups -OCH3 is 1. The number of nitrogens with zero attached hydrogens (tertiary/aromatic N) is 1. The molecule has 0 saturated heterocycles. The summed E-state index contributed by atoms with van der Waals surface area (Å²) in [6, 6.07) is 0. The van der Waals surface area contributed by atoms with Gasteiger partial charge in [-0.25, -0.2) is 4.98 Å². The zero-order valence-corrected chi connectivity index (χ0v) is 10.1. The molecule has 72 valence electrons. The van der Waals surface area contributed by atoms with E-state index >= 15 is 0 Å². The zero-order chi connectivity index (χ0) is 10.1. The Labute approximate surface area is 90.7 Å². The average molecular weight is 263 g/mol. The van der Waals surface area contributed by atoms with Crippen molar-refractivity contribution in [3.05, 3.63) is 21.1 Å². The Balaban J connectivity index is 3.18. The largest absolute Gasteiger partial charge is 0.371 e. The first-order chi connectivity index (χ1) is 5.97. The van der Waals surface area contributed by atoms with Crippen LogP contribution in [-0.2, 0) is 10.3 Å². The number of nitrogens with one attached hydrogen (secondary N) is 1. The highest BCUT2D eigenvalue weighted by molar-refractivity contribution is 9.10. The van der Waals surface area contributed by atoms with Crippen LogP contribution < -0.4 is 0 Å². The topological polar surface area (TPSA) is 37.9 Å². The number of rotatable bonds is 2. The van der Waals surface area contributed by atoms with Crippen LogP contribution in [0.3, 0.4) is 0 Å². The summed E-state index contributed by atoms with van der Waals surface area (Å²) in [7, 11) is 1.64. The molecule has 0 aliphatic rings. The van der Waals surface area contributed by atoms with Crippen LogP contribution >= 0.6 is 28.1 Å². The van der Waals surface area contributed by atoms with Gasteiger partial charge in [0, 0.05) is 13.3 Å². The number of H-pyrrole nitrogens is 1. The van der Waals surface area contributed by atoms with Gasteiger partial charge in [0.2, 0.25) is 0 Å². The van der Waals surface area contributed by atoms with Crippen molar-refractivity contribution in [2.45, 2.75) is 19.4 Å². The average Bonchev–Trinajstić information content (AvgIpc) is 2.09. The minimum atomic E-state index is -0.436. The first-order valence-electron chi connectivity index (χ1n) is 3.78. The van der Waals surface area contributed by atoms with Crippen LogP contribution in [0.25, 0.3) is 0 Å². The van der Waals surface area contributed by atoms with Crippen molar-refractivity contribution in [3.63, 3.8) is 0 Å². The Morgan fingerprint density at radius 2 is 2.23 bits per heavy atom. The molecule has 1 N–H and O–H groups in total. The normalized spacial score (nSPS) is 11.7. The van der Waals surface area contributed by atoms with Crippen LogP contribution in [0.5, 0.6) is 0 Å². The molecule has 0 fully saturated rings. The standard InChI is InChI=1S/C8H11BrN2OS/c1-8(2,12-3)7-10-4-5(9)6(13)11-7/h4H,1-3H3,(H,10,11,13). The monoisotopic (exact) mass is 262 g/mol. The minimum absolute atomic E-state index is 0.436. The Kier molecular flexibility index (Phi) is 3.21. The predicted octanol–water partition coefficient (Wildman–Crippen LogP) is 2.78. The first kappa shape index (κ1) is 10.8. The van der Waals surface area contributed by atoms with E-state index in [0.29, 0.717) is 4.64 Å². The molecule has 1 aromatic rings.